The molecule has 2 fully saturated rings. The van der Waals surface area contributed by atoms with Crippen molar-refractivity contribution >= 4 is 21.8 Å². The van der Waals surface area contributed by atoms with Crippen LogP contribution < -0.4 is 16.2 Å². The highest BCUT2D eigenvalue weighted by molar-refractivity contribution is 9.09. The minimum atomic E-state index is -0.250. The zero-order valence-electron chi connectivity index (χ0n) is 15.3. The molecule has 1 aromatic carbocycles. The molecule has 0 aromatic heterocycles. The van der Waals surface area contributed by atoms with Crippen LogP contribution in [0.3, 0.4) is 0 Å². The van der Waals surface area contributed by atoms with Gasteiger partial charge in [-0.3, -0.25) is 15.1 Å². The summed E-state index contributed by atoms with van der Waals surface area (Å²) < 4.78 is 13.0. The number of nitrogens with one attached hydrogen (secondary N) is 3. The van der Waals surface area contributed by atoms with E-state index in [9.17, 15) is 9.18 Å². The van der Waals surface area contributed by atoms with Gasteiger partial charge in [-0.15, -0.1) is 0 Å². The Morgan fingerprint density at radius 2 is 1.92 bits per heavy atom. The maximum absolute atomic E-state index is 13.0. The quantitative estimate of drug-likeness (QED) is 0.631. The molecule has 2 saturated heterocycles. The number of benzene rings is 1. The fourth-order valence-electron chi connectivity index (χ4n) is 3.67. The summed E-state index contributed by atoms with van der Waals surface area (Å²) in [6.07, 6.45) is 1.88. The molecular formula is C19H28BrFN4O. The van der Waals surface area contributed by atoms with Crippen molar-refractivity contribution in [3.8, 4) is 0 Å². The summed E-state index contributed by atoms with van der Waals surface area (Å²) in [6, 6.07) is 6.89. The van der Waals surface area contributed by atoms with Gasteiger partial charge >= 0.3 is 0 Å². The van der Waals surface area contributed by atoms with Crippen LogP contribution in [0.4, 0.5) is 4.39 Å². The molecule has 2 aliphatic rings. The maximum Gasteiger partial charge on any atom is 0.239 e. The number of carbonyl (C=O) groups excluding carboxylic acids is 1. The Kier molecular flexibility index (Phi) is 6.66. The Morgan fingerprint density at radius 1 is 1.27 bits per heavy atom. The number of hydrazine groups is 1. The number of amides is 1. The molecule has 2 aliphatic heterocycles. The van der Waals surface area contributed by atoms with Crippen LogP contribution in [-0.4, -0.2) is 46.8 Å². The number of rotatable bonds is 5. The van der Waals surface area contributed by atoms with Crippen LogP contribution >= 0.6 is 15.9 Å². The smallest absolute Gasteiger partial charge is 0.239 e. The van der Waals surface area contributed by atoms with Crippen LogP contribution in [0.5, 0.6) is 0 Å². The molecule has 0 saturated carbocycles. The van der Waals surface area contributed by atoms with Crippen LogP contribution in [0.1, 0.15) is 32.3 Å². The van der Waals surface area contributed by atoms with E-state index in [4.69, 9.17) is 0 Å². The SMILES string of the molecule is CC(C)C1NNC(C(=O)NC2CCN(Cc3ccc(F)cc3)CC2)C1Br. The lowest BCUT2D eigenvalue weighted by molar-refractivity contribution is -0.123. The zero-order chi connectivity index (χ0) is 18.7. The average Bonchev–Trinajstić information content (AvgIpc) is 3.00. The number of piperidine rings is 1. The minimum absolute atomic E-state index is 0.0551. The highest BCUT2D eigenvalue weighted by atomic mass is 79.9. The third-order valence-corrected chi connectivity index (χ3v) is 6.42. The van der Waals surface area contributed by atoms with Gasteiger partial charge in [0.05, 0.1) is 4.83 Å². The van der Waals surface area contributed by atoms with Crippen LogP contribution in [0, 0.1) is 11.7 Å². The lowest BCUT2D eigenvalue weighted by Gasteiger charge is -2.33. The molecule has 144 valence electrons. The zero-order valence-corrected chi connectivity index (χ0v) is 16.9. The first kappa shape index (κ1) is 19.7. The standard InChI is InChI=1S/C19H28BrFN4O/c1-12(2)17-16(20)18(24-23-17)19(26)22-15-7-9-25(10-8-15)11-13-3-5-14(21)6-4-13/h3-6,12,15-18,23-24H,7-11H2,1-2H3,(H,22,26). The molecule has 0 spiro atoms. The first-order valence-corrected chi connectivity index (χ1v) is 10.3. The van der Waals surface area contributed by atoms with Crippen molar-refractivity contribution in [1.82, 2.24) is 21.1 Å². The molecule has 3 N–H and O–H groups in total. The van der Waals surface area contributed by atoms with E-state index in [1.807, 2.05) is 12.1 Å². The molecule has 0 bridgehead atoms. The first-order valence-electron chi connectivity index (χ1n) is 9.36. The summed E-state index contributed by atoms with van der Waals surface area (Å²) in [5.74, 6) is 0.300. The van der Waals surface area contributed by atoms with E-state index in [1.54, 1.807) is 0 Å². The van der Waals surface area contributed by atoms with E-state index < -0.39 is 0 Å². The van der Waals surface area contributed by atoms with E-state index in [-0.39, 0.29) is 34.7 Å². The second-order valence-corrected chi connectivity index (χ2v) is 8.72. The average molecular weight is 427 g/mol. The predicted molar refractivity (Wildman–Crippen MR) is 104 cm³/mol. The van der Waals surface area contributed by atoms with Gasteiger partial charge in [0.1, 0.15) is 11.9 Å². The highest BCUT2D eigenvalue weighted by Gasteiger charge is 2.40. The van der Waals surface area contributed by atoms with Crippen molar-refractivity contribution in [2.45, 2.75) is 56.2 Å². The first-order chi connectivity index (χ1) is 12.4. The molecule has 1 amide bonds. The Labute approximate surface area is 163 Å². The second-order valence-electron chi connectivity index (χ2n) is 7.67. The predicted octanol–water partition coefficient (Wildman–Crippen LogP) is 2.17. The van der Waals surface area contributed by atoms with Crippen LogP contribution in [0.25, 0.3) is 0 Å². The van der Waals surface area contributed by atoms with Gasteiger partial charge in [0.2, 0.25) is 5.91 Å². The molecule has 7 heteroatoms. The van der Waals surface area contributed by atoms with E-state index in [2.05, 4.69) is 50.8 Å². The number of halogens is 2. The van der Waals surface area contributed by atoms with Crippen LogP contribution in [-0.2, 0) is 11.3 Å². The van der Waals surface area contributed by atoms with Gasteiger partial charge in [-0.1, -0.05) is 41.9 Å². The lowest BCUT2D eigenvalue weighted by atomic mass is 9.98. The third kappa shape index (κ3) is 4.82. The number of alkyl halides is 1. The van der Waals surface area contributed by atoms with Crippen LogP contribution in [0.15, 0.2) is 24.3 Å². The fraction of sp³-hybridized carbons (Fsp3) is 0.632. The third-order valence-electron chi connectivity index (χ3n) is 5.32. The van der Waals surface area contributed by atoms with Gasteiger partial charge in [0.15, 0.2) is 0 Å². The van der Waals surface area contributed by atoms with E-state index in [0.29, 0.717) is 5.92 Å². The maximum atomic E-state index is 13.0. The summed E-state index contributed by atoms with van der Waals surface area (Å²) >= 11 is 3.67. The summed E-state index contributed by atoms with van der Waals surface area (Å²) in [6.45, 7) is 6.99. The summed E-state index contributed by atoms with van der Waals surface area (Å²) in [5, 5.41) is 3.19. The molecule has 3 atom stereocenters. The largest absolute Gasteiger partial charge is 0.352 e. The van der Waals surface area contributed by atoms with Gasteiger partial charge in [-0.25, -0.2) is 9.82 Å². The Morgan fingerprint density at radius 3 is 2.50 bits per heavy atom. The number of likely N-dealkylation sites (tertiary alicyclic amines) is 1. The van der Waals surface area contributed by atoms with Crippen molar-refractivity contribution < 1.29 is 9.18 Å². The van der Waals surface area contributed by atoms with Crippen molar-refractivity contribution in [3.63, 3.8) is 0 Å². The van der Waals surface area contributed by atoms with Crippen molar-refractivity contribution in [3.05, 3.63) is 35.6 Å². The Hall–Kier alpha value is -1.02. The van der Waals surface area contributed by atoms with E-state index >= 15 is 0 Å². The van der Waals surface area contributed by atoms with Gasteiger partial charge in [0.25, 0.3) is 0 Å². The molecular weight excluding hydrogens is 399 g/mol. The van der Waals surface area contributed by atoms with Gasteiger partial charge in [0, 0.05) is 31.7 Å². The number of hydrogen-bond acceptors (Lipinski definition) is 4. The second kappa shape index (κ2) is 8.78. The number of carbonyl (C=O) groups is 1. The van der Waals surface area contributed by atoms with E-state index in [0.717, 1.165) is 38.0 Å². The van der Waals surface area contributed by atoms with Crippen LogP contribution in [0.2, 0.25) is 0 Å². The number of hydrogen-bond donors (Lipinski definition) is 3. The monoisotopic (exact) mass is 426 g/mol. The highest BCUT2D eigenvalue weighted by Crippen LogP contribution is 2.22. The lowest BCUT2D eigenvalue weighted by Crippen LogP contribution is -2.52. The summed E-state index contributed by atoms with van der Waals surface area (Å²) in [5.41, 5.74) is 7.47. The molecule has 0 radical (unpaired) electrons. The summed E-state index contributed by atoms with van der Waals surface area (Å²) in [4.78, 5) is 15.0. The Balaban J connectivity index is 1.44. The molecule has 0 aliphatic carbocycles. The molecule has 3 unspecified atom stereocenters. The van der Waals surface area contributed by atoms with Gasteiger partial charge < -0.3 is 5.32 Å². The molecule has 2 heterocycles. The Bertz CT molecular complexity index is 604. The van der Waals surface area contributed by atoms with Gasteiger partial charge in [-0.2, -0.15) is 0 Å². The molecule has 1 aromatic rings. The van der Waals surface area contributed by atoms with Crippen molar-refractivity contribution in [2.24, 2.45) is 5.92 Å². The topological polar surface area (TPSA) is 56.4 Å². The van der Waals surface area contributed by atoms with Gasteiger partial charge in [-0.05, 0) is 36.5 Å². The number of nitrogens with zero attached hydrogens (tertiary/aromatic N) is 1. The normalized spacial score (nSPS) is 27.8. The fourth-order valence-corrected chi connectivity index (χ4v) is 4.79. The molecule has 3 rings (SSSR count). The molecule has 5 nitrogen and oxygen atoms in total. The van der Waals surface area contributed by atoms with Crippen molar-refractivity contribution in [1.29, 1.82) is 0 Å². The van der Waals surface area contributed by atoms with Crippen molar-refractivity contribution in [2.75, 3.05) is 13.1 Å². The summed E-state index contributed by atoms with van der Waals surface area (Å²) in [7, 11) is 0. The minimum Gasteiger partial charge on any atom is -0.352 e. The van der Waals surface area contributed by atoms with E-state index in [1.165, 1.54) is 12.1 Å². The molecule has 26 heavy (non-hydrogen) atoms.